The number of carbonyl (C=O) groups excluding carboxylic acids is 1. The molecule has 0 saturated heterocycles. The second-order valence-corrected chi connectivity index (χ2v) is 4.52. The predicted molar refractivity (Wildman–Crippen MR) is 74.9 cm³/mol. The van der Waals surface area contributed by atoms with Gasteiger partial charge in [-0.25, -0.2) is 4.79 Å². The van der Waals surface area contributed by atoms with Crippen LogP contribution in [0.3, 0.4) is 0 Å². The molecule has 0 unspecified atom stereocenters. The maximum atomic E-state index is 11.9. The van der Waals surface area contributed by atoms with Crippen LogP contribution < -0.4 is 5.32 Å². The smallest absolute Gasteiger partial charge is 0.323 e. The molecule has 0 atom stereocenters. The lowest BCUT2D eigenvalue weighted by atomic mass is 10.3. The summed E-state index contributed by atoms with van der Waals surface area (Å²) in [6.07, 6.45) is 1.44. The molecule has 2 amide bonds. The van der Waals surface area contributed by atoms with E-state index in [0.717, 1.165) is 4.90 Å². The van der Waals surface area contributed by atoms with Crippen LogP contribution in [-0.4, -0.2) is 35.1 Å². The number of hydrogen-bond donors (Lipinski definition) is 2. The van der Waals surface area contributed by atoms with Gasteiger partial charge in [-0.1, -0.05) is 29.3 Å². The first kappa shape index (κ1) is 15.3. The minimum Gasteiger partial charge on any atom is -0.480 e. The number of carboxylic acids is 1. The third kappa shape index (κ3) is 5.19. The van der Waals surface area contributed by atoms with Gasteiger partial charge in [-0.05, 0) is 18.2 Å². The number of halogens is 2. The van der Waals surface area contributed by atoms with E-state index in [-0.39, 0.29) is 6.54 Å². The molecular formula is C12H12Cl2N2O3. The monoisotopic (exact) mass is 302 g/mol. The maximum Gasteiger partial charge on any atom is 0.323 e. The number of amides is 2. The van der Waals surface area contributed by atoms with Gasteiger partial charge in [0.1, 0.15) is 6.54 Å². The third-order valence-corrected chi connectivity index (χ3v) is 2.51. The Labute approximate surface area is 120 Å². The topological polar surface area (TPSA) is 69.6 Å². The molecule has 0 radical (unpaired) electrons. The van der Waals surface area contributed by atoms with E-state index in [1.807, 2.05) is 0 Å². The second kappa shape index (κ2) is 7.01. The van der Waals surface area contributed by atoms with E-state index in [0.29, 0.717) is 15.7 Å². The summed E-state index contributed by atoms with van der Waals surface area (Å²) in [5.74, 6) is -1.11. The van der Waals surface area contributed by atoms with Crippen LogP contribution >= 0.6 is 23.2 Å². The molecule has 0 aliphatic heterocycles. The lowest BCUT2D eigenvalue weighted by Crippen LogP contribution is -2.38. The molecule has 1 rings (SSSR count). The summed E-state index contributed by atoms with van der Waals surface area (Å²) in [7, 11) is 0. The lowest BCUT2D eigenvalue weighted by Gasteiger charge is -2.19. The van der Waals surface area contributed by atoms with E-state index in [1.165, 1.54) is 24.3 Å². The van der Waals surface area contributed by atoms with Crippen molar-refractivity contribution in [2.45, 2.75) is 0 Å². The van der Waals surface area contributed by atoms with Crippen molar-refractivity contribution in [1.82, 2.24) is 4.90 Å². The number of anilines is 1. The van der Waals surface area contributed by atoms with E-state index in [2.05, 4.69) is 11.9 Å². The second-order valence-electron chi connectivity index (χ2n) is 3.65. The van der Waals surface area contributed by atoms with Gasteiger partial charge >= 0.3 is 12.0 Å². The highest BCUT2D eigenvalue weighted by Crippen LogP contribution is 2.22. The van der Waals surface area contributed by atoms with Crippen molar-refractivity contribution in [2.24, 2.45) is 0 Å². The van der Waals surface area contributed by atoms with Gasteiger partial charge in [0.25, 0.3) is 0 Å². The first-order valence-electron chi connectivity index (χ1n) is 5.27. The Balaban J connectivity index is 2.80. The molecule has 102 valence electrons. The van der Waals surface area contributed by atoms with Crippen LogP contribution in [0.15, 0.2) is 30.9 Å². The van der Waals surface area contributed by atoms with Crippen LogP contribution in [0.5, 0.6) is 0 Å². The fourth-order valence-corrected chi connectivity index (χ4v) is 1.89. The highest BCUT2D eigenvalue weighted by Gasteiger charge is 2.15. The van der Waals surface area contributed by atoms with Crippen molar-refractivity contribution in [3.63, 3.8) is 0 Å². The highest BCUT2D eigenvalue weighted by molar-refractivity contribution is 6.35. The average molecular weight is 303 g/mol. The first-order chi connectivity index (χ1) is 8.92. The van der Waals surface area contributed by atoms with Crippen LogP contribution in [0.2, 0.25) is 10.0 Å². The van der Waals surface area contributed by atoms with E-state index in [1.54, 1.807) is 0 Å². The fourth-order valence-electron chi connectivity index (χ4n) is 1.37. The fraction of sp³-hybridized carbons (Fsp3) is 0.167. The van der Waals surface area contributed by atoms with Gasteiger partial charge in [0.15, 0.2) is 0 Å². The molecule has 0 spiro atoms. The summed E-state index contributed by atoms with van der Waals surface area (Å²) in [6, 6.07) is 3.98. The first-order valence-corrected chi connectivity index (χ1v) is 6.02. The molecule has 0 aliphatic carbocycles. The van der Waals surface area contributed by atoms with Crippen LogP contribution in [0, 0.1) is 0 Å². The predicted octanol–water partition coefficient (Wildman–Crippen LogP) is 3.10. The molecule has 5 nitrogen and oxygen atoms in total. The van der Waals surface area contributed by atoms with Crippen molar-refractivity contribution >= 4 is 40.9 Å². The quantitative estimate of drug-likeness (QED) is 0.821. The van der Waals surface area contributed by atoms with Gasteiger partial charge < -0.3 is 15.3 Å². The van der Waals surface area contributed by atoms with Gasteiger partial charge in [-0.2, -0.15) is 0 Å². The van der Waals surface area contributed by atoms with E-state index in [9.17, 15) is 9.59 Å². The molecule has 0 fully saturated rings. The zero-order valence-electron chi connectivity index (χ0n) is 9.90. The normalized spacial score (nSPS) is 9.79. The van der Waals surface area contributed by atoms with Gasteiger partial charge in [0.05, 0.1) is 0 Å². The molecule has 0 heterocycles. The van der Waals surface area contributed by atoms with Gasteiger partial charge in [0.2, 0.25) is 0 Å². The van der Waals surface area contributed by atoms with Crippen LogP contribution in [0.25, 0.3) is 0 Å². The van der Waals surface area contributed by atoms with Gasteiger partial charge in [-0.3, -0.25) is 4.79 Å². The Morgan fingerprint density at radius 3 is 2.37 bits per heavy atom. The number of carboxylic acid groups (broad SMARTS) is 1. The van der Waals surface area contributed by atoms with Gasteiger partial charge in [-0.15, -0.1) is 6.58 Å². The molecule has 7 heteroatoms. The molecular weight excluding hydrogens is 291 g/mol. The van der Waals surface area contributed by atoms with Crippen LogP contribution in [0.1, 0.15) is 0 Å². The van der Waals surface area contributed by atoms with E-state index < -0.39 is 18.5 Å². The van der Waals surface area contributed by atoms with E-state index >= 15 is 0 Å². The minimum atomic E-state index is -1.11. The summed E-state index contributed by atoms with van der Waals surface area (Å²) in [5.41, 5.74) is 0.391. The Kier molecular flexibility index (Phi) is 5.66. The van der Waals surface area contributed by atoms with Gasteiger partial charge in [0, 0.05) is 22.3 Å². The average Bonchev–Trinajstić information content (AvgIpc) is 2.26. The summed E-state index contributed by atoms with van der Waals surface area (Å²) in [4.78, 5) is 23.6. The van der Waals surface area contributed by atoms with Crippen molar-refractivity contribution in [1.29, 1.82) is 0 Å². The number of benzene rings is 1. The summed E-state index contributed by atoms with van der Waals surface area (Å²) < 4.78 is 0. The zero-order chi connectivity index (χ0) is 14.4. The molecule has 1 aromatic carbocycles. The Morgan fingerprint density at radius 1 is 1.32 bits per heavy atom. The van der Waals surface area contributed by atoms with Crippen molar-refractivity contribution in [3.8, 4) is 0 Å². The number of hydrogen-bond acceptors (Lipinski definition) is 2. The molecule has 2 N–H and O–H groups in total. The molecule has 0 bridgehead atoms. The number of nitrogens with one attached hydrogen (secondary N) is 1. The van der Waals surface area contributed by atoms with Crippen molar-refractivity contribution in [2.75, 3.05) is 18.4 Å². The largest absolute Gasteiger partial charge is 0.480 e. The lowest BCUT2D eigenvalue weighted by molar-refractivity contribution is -0.137. The third-order valence-electron chi connectivity index (χ3n) is 2.08. The number of urea groups is 1. The molecule has 19 heavy (non-hydrogen) atoms. The molecule has 0 aliphatic rings. The summed E-state index contributed by atoms with van der Waals surface area (Å²) >= 11 is 11.6. The zero-order valence-corrected chi connectivity index (χ0v) is 11.4. The summed E-state index contributed by atoms with van der Waals surface area (Å²) in [6.45, 7) is 3.16. The van der Waals surface area contributed by atoms with E-state index in [4.69, 9.17) is 28.3 Å². The Hall–Kier alpha value is -1.72. The molecule has 0 saturated carbocycles. The molecule has 1 aromatic rings. The standard InChI is InChI=1S/C12H12Cl2N2O3/c1-2-3-16(7-11(17)18)12(19)15-10-5-8(13)4-9(14)6-10/h2,4-6H,1,3,7H2,(H,15,19)(H,17,18). The Morgan fingerprint density at radius 2 is 1.89 bits per heavy atom. The maximum absolute atomic E-state index is 11.9. The SMILES string of the molecule is C=CCN(CC(=O)O)C(=O)Nc1cc(Cl)cc(Cl)c1. The number of aliphatic carboxylic acids is 1. The van der Waals surface area contributed by atoms with Crippen molar-refractivity contribution < 1.29 is 14.7 Å². The number of carbonyl (C=O) groups is 2. The van der Waals surface area contributed by atoms with Crippen molar-refractivity contribution in [3.05, 3.63) is 40.9 Å². The highest BCUT2D eigenvalue weighted by atomic mass is 35.5. The van der Waals surface area contributed by atoms with Crippen LogP contribution in [-0.2, 0) is 4.79 Å². The summed E-state index contributed by atoms with van der Waals surface area (Å²) in [5, 5.41) is 12.0. The molecule has 0 aromatic heterocycles. The number of nitrogens with zero attached hydrogens (tertiary/aromatic N) is 1. The number of rotatable bonds is 5. The van der Waals surface area contributed by atoms with Crippen LogP contribution in [0.4, 0.5) is 10.5 Å². The minimum absolute atomic E-state index is 0.117. The Bertz CT molecular complexity index is 485.